The summed E-state index contributed by atoms with van der Waals surface area (Å²) in [5, 5.41) is 3.66. The lowest BCUT2D eigenvalue weighted by molar-refractivity contribution is -0.671. The number of pyridine rings is 1. The Labute approximate surface area is 222 Å². The lowest BCUT2D eigenvalue weighted by atomic mass is 10.1. The molecule has 1 heterocycles. The molecule has 8 heteroatoms. The van der Waals surface area contributed by atoms with E-state index in [1.165, 1.54) is 6.07 Å². The van der Waals surface area contributed by atoms with Gasteiger partial charge in [0.25, 0.3) is 5.91 Å². The number of halogens is 2. The number of esters is 1. The molecule has 0 atom stereocenters. The Kier molecular flexibility index (Phi) is 11.0. The first-order chi connectivity index (χ1) is 17.4. The highest BCUT2D eigenvalue weighted by molar-refractivity contribution is 6.42. The Bertz CT molecular complexity index is 1150. The molecule has 36 heavy (non-hydrogen) atoms. The van der Waals surface area contributed by atoms with Crippen molar-refractivity contribution in [1.82, 2.24) is 5.32 Å². The third-order valence-corrected chi connectivity index (χ3v) is 6.26. The second-order valence-electron chi connectivity index (χ2n) is 8.47. The van der Waals surface area contributed by atoms with Crippen molar-refractivity contribution < 1.29 is 23.6 Å². The average Bonchev–Trinajstić information content (AvgIpc) is 2.87. The third kappa shape index (κ3) is 9.17. The number of hydrogen-bond donors (Lipinski definition) is 1. The van der Waals surface area contributed by atoms with Gasteiger partial charge in [-0.25, -0.2) is 9.36 Å². The van der Waals surface area contributed by atoms with Gasteiger partial charge in [-0.05, 0) is 61.4 Å². The number of aromatic nitrogens is 1. The van der Waals surface area contributed by atoms with Crippen molar-refractivity contribution in [3.05, 3.63) is 88.2 Å². The van der Waals surface area contributed by atoms with Gasteiger partial charge in [0.1, 0.15) is 24.1 Å². The lowest BCUT2D eigenvalue weighted by Crippen LogP contribution is -2.31. The number of hydrogen-bond acceptors (Lipinski definition) is 4. The van der Waals surface area contributed by atoms with Crippen LogP contribution in [0.1, 0.15) is 59.2 Å². The Morgan fingerprint density at radius 3 is 2.25 bits per heavy atom. The van der Waals surface area contributed by atoms with Gasteiger partial charge < -0.3 is 14.8 Å². The fourth-order valence-electron chi connectivity index (χ4n) is 3.54. The van der Waals surface area contributed by atoms with Crippen molar-refractivity contribution in [3.8, 4) is 11.5 Å². The minimum absolute atomic E-state index is 0.0268. The van der Waals surface area contributed by atoms with Gasteiger partial charge in [0.2, 0.25) is 0 Å². The van der Waals surface area contributed by atoms with E-state index in [9.17, 15) is 9.59 Å². The Balaban J connectivity index is 1.22. The predicted molar refractivity (Wildman–Crippen MR) is 141 cm³/mol. The molecular weight excluding hydrogens is 499 g/mol. The minimum atomic E-state index is -0.505. The van der Waals surface area contributed by atoms with Crippen LogP contribution in [-0.2, 0) is 7.05 Å². The van der Waals surface area contributed by atoms with Gasteiger partial charge in [0.05, 0.1) is 22.2 Å². The minimum Gasteiger partial charge on any atom is -0.494 e. The van der Waals surface area contributed by atoms with Crippen LogP contribution in [0.4, 0.5) is 0 Å². The number of ether oxygens (including phenoxy) is 2. The van der Waals surface area contributed by atoms with Crippen molar-refractivity contribution >= 4 is 35.1 Å². The van der Waals surface area contributed by atoms with E-state index in [0.717, 1.165) is 44.3 Å². The van der Waals surface area contributed by atoms with E-state index in [-0.39, 0.29) is 5.91 Å². The van der Waals surface area contributed by atoms with Gasteiger partial charge in [-0.2, -0.15) is 0 Å². The van der Waals surface area contributed by atoms with E-state index < -0.39 is 5.97 Å². The van der Waals surface area contributed by atoms with Gasteiger partial charge in [-0.1, -0.05) is 48.9 Å². The smallest absolute Gasteiger partial charge is 0.343 e. The molecule has 0 fully saturated rings. The maximum absolute atomic E-state index is 12.2. The normalized spacial score (nSPS) is 10.6. The fourth-order valence-corrected chi connectivity index (χ4v) is 3.84. The first kappa shape index (κ1) is 27.5. The van der Waals surface area contributed by atoms with Crippen molar-refractivity contribution in [3.63, 3.8) is 0 Å². The van der Waals surface area contributed by atoms with E-state index >= 15 is 0 Å². The first-order valence-corrected chi connectivity index (χ1v) is 12.8. The first-order valence-electron chi connectivity index (χ1n) is 12.1. The zero-order chi connectivity index (χ0) is 25.8. The summed E-state index contributed by atoms with van der Waals surface area (Å²) in [6.07, 6.45) is 10.1. The third-order valence-electron chi connectivity index (χ3n) is 5.52. The number of nitrogens with one attached hydrogen (secondary N) is 1. The number of nitrogens with zero attached hydrogens (tertiary/aromatic N) is 1. The van der Waals surface area contributed by atoms with Crippen LogP contribution < -0.4 is 19.4 Å². The highest BCUT2D eigenvalue weighted by Crippen LogP contribution is 2.24. The summed E-state index contributed by atoms with van der Waals surface area (Å²) in [6.45, 7) is 1.33. The Morgan fingerprint density at radius 2 is 1.53 bits per heavy atom. The summed E-state index contributed by atoms with van der Waals surface area (Å²) < 4.78 is 13.0. The van der Waals surface area contributed by atoms with Crippen LogP contribution in [0.2, 0.25) is 10.0 Å². The summed E-state index contributed by atoms with van der Waals surface area (Å²) in [6, 6.07) is 15.2. The zero-order valence-corrected chi connectivity index (χ0v) is 21.9. The molecule has 0 bridgehead atoms. The zero-order valence-electron chi connectivity index (χ0n) is 20.3. The predicted octanol–water partition coefficient (Wildman–Crippen LogP) is 6.19. The molecule has 1 amide bonds. The summed E-state index contributed by atoms with van der Waals surface area (Å²) >= 11 is 11.8. The van der Waals surface area contributed by atoms with E-state index in [4.69, 9.17) is 32.7 Å². The molecule has 6 nitrogen and oxygen atoms in total. The molecule has 0 aliphatic carbocycles. The van der Waals surface area contributed by atoms with Crippen LogP contribution in [0.15, 0.2) is 67.0 Å². The molecule has 3 rings (SSSR count). The van der Waals surface area contributed by atoms with Crippen LogP contribution in [-0.4, -0.2) is 25.0 Å². The molecule has 0 radical (unpaired) electrons. The summed E-state index contributed by atoms with van der Waals surface area (Å²) in [5.74, 6) is 0.621. The van der Waals surface area contributed by atoms with Gasteiger partial charge in [0.15, 0.2) is 12.4 Å². The maximum atomic E-state index is 12.2. The average molecular weight is 530 g/mol. The van der Waals surface area contributed by atoms with Gasteiger partial charge >= 0.3 is 5.97 Å². The Hall–Kier alpha value is -3.09. The van der Waals surface area contributed by atoms with Crippen molar-refractivity contribution in [2.45, 2.75) is 38.5 Å². The van der Waals surface area contributed by atoms with E-state index in [1.807, 2.05) is 36.1 Å². The van der Waals surface area contributed by atoms with Crippen LogP contribution in [0.25, 0.3) is 0 Å². The summed E-state index contributed by atoms with van der Waals surface area (Å²) in [4.78, 5) is 24.3. The van der Waals surface area contributed by atoms with E-state index in [2.05, 4.69) is 5.32 Å². The highest BCUT2D eigenvalue weighted by Gasteiger charge is 2.11. The molecular formula is C28H31Cl2N2O4+. The fraction of sp³-hybridized carbons (Fsp3) is 0.321. The molecule has 0 saturated heterocycles. The molecule has 0 unspecified atom stereocenters. The number of rotatable bonds is 13. The number of amides is 1. The largest absolute Gasteiger partial charge is 0.494 e. The van der Waals surface area contributed by atoms with Gasteiger partial charge in [0, 0.05) is 12.6 Å². The van der Waals surface area contributed by atoms with Crippen LogP contribution >= 0.6 is 23.2 Å². The molecule has 0 saturated carbocycles. The number of carbonyl (C=O) groups excluding carboxylic acids is 2. The lowest BCUT2D eigenvalue weighted by Gasteiger charge is -2.08. The SMILES string of the molecule is C[n+]1cccc(C(=O)NCCCCCCCCOc2ccc(OC(=O)c3ccc(Cl)c(Cl)c3)cc2)c1. The van der Waals surface area contributed by atoms with Gasteiger partial charge in [-0.15, -0.1) is 0 Å². The van der Waals surface area contributed by atoms with Gasteiger partial charge in [-0.3, -0.25) is 4.79 Å². The van der Waals surface area contributed by atoms with E-state index in [0.29, 0.717) is 40.1 Å². The van der Waals surface area contributed by atoms with Crippen LogP contribution in [0.5, 0.6) is 11.5 Å². The van der Waals surface area contributed by atoms with Crippen LogP contribution in [0, 0.1) is 0 Å². The molecule has 190 valence electrons. The number of unbranched alkanes of at least 4 members (excludes halogenated alkanes) is 5. The standard InChI is InChI=1S/C28H30Cl2N2O4/c1-32-17-8-9-22(20-32)27(33)31-16-6-4-2-3-5-7-18-35-23-11-13-24(14-12-23)36-28(34)21-10-15-25(29)26(30)19-21/h8-15,17,19-20H,2-7,16,18H2,1H3/p+1. The number of benzene rings is 2. The second kappa shape index (κ2) is 14.5. The molecule has 1 N–H and O–H groups in total. The monoisotopic (exact) mass is 529 g/mol. The highest BCUT2D eigenvalue weighted by atomic mass is 35.5. The quantitative estimate of drug-likeness (QED) is 0.124. The van der Waals surface area contributed by atoms with Crippen molar-refractivity contribution in [1.29, 1.82) is 0 Å². The molecule has 1 aromatic heterocycles. The molecule has 0 aliphatic heterocycles. The van der Waals surface area contributed by atoms with Crippen LogP contribution in [0.3, 0.4) is 0 Å². The topological polar surface area (TPSA) is 68.5 Å². The molecule has 0 aliphatic rings. The van der Waals surface area contributed by atoms with Crippen molar-refractivity contribution in [2.75, 3.05) is 13.2 Å². The summed E-state index contributed by atoms with van der Waals surface area (Å²) in [5.41, 5.74) is 1.01. The molecule has 3 aromatic rings. The summed E-state index contributed by atoms with van der Waals surface area (Å²) in [7, 11) is 1.90. The van der Waals surface area contributed by atoms with E-state index in [1.54, 1.807) is 36.4 Å². The Morgan fingerprint density at radius 1 is 0.833 bits per heavy atom. The maximum Gasteiger partial charge on any atom is 0.343 e. The molecule has 2 aromatic carbocycles. The number of carbonyl (C=O) groups is 2. The second-order valence-corrected chi connectivity index (χ2v) is 9.29. The molecule has 0 spiro atoms. The van der Waals surface area contributed by atoms with Crippen molar-refractivity contribution in [2.24, 2.45) is 7.05 Å². The number of aryl methyl sites for hydroxylation is 1.